The van der Waals surface area contributed by atoms with E-state index >= 15 is 0 Å². The first kappa shape index (κ1) is 12.6. The first-order chi connectivity index (χ1) is 8.63. The molecule has 0 aliphatic heterocycles. The molecule has 4 nitrogen and oxygen atoms in total. The summed E-state index contributed by atoms with van der Waals surface area (Å²) >= 11 is 3.02. The van der Waals surface area contributed by atoms with Crippen molar-refractivity contribution < 1.29 is 13.9 Å². The van der Waals surface area contributed by atoms with Gasteiger partial charge >= 0.3 is 0 Å². The number of ketones is 1. The van der Waals surface area contributed by atoms with Crippen molar-refractivity contribution in [3.8, 4) is 5.88 Å². The Labute approximate surface area is 111 Å². The van der Waals surface area contributed by atoms with Crippen LogP contribution in [0.4, 0.5) is 4.39 Å². The summed E-state index contributed by atoms with van der Waals surface area (Å²) in [5, 5.41) is 0. The molecule has 0 unspecified atom stereocenters. The number of benzene rings is 1. The molecule has 0 spiro atoms. The van der Waals surface area contributed by atoms with E-state index in [0.717, 1.165) is 6.07 Å². The second kappa shape index (κ2) is 5.22. The van der Waals surface area contributed by atoms with Crippen molar-refractivity contribution >= 4 is 21.7 Å². The number of rotatable bonds is 3. The zero-order chi connectivity index (χ0) is 13.1. The highest BCUT2D eigenvalue weighted by Gasteiger charge is 2.17. The maximum atomic E-state index is 13.4. The number of methoxy groups -OCH3 is 1. The number of ether oxygens (including phenoxy) is 1. The van der Waals surface area contributed by atoms with Gasteiger partial charge in [0.2, 0.25) is 11.7 Å². The minimum atomic E-state index is -0.510. The van der Waals surface area contributed by atoms with Crippen LogP contribution in [0, 0.1) is 5.82 Å². The monoisotopic (exact) mass is 310 g/mol. The predicted octanol–water partition coefficient (Wildman–Crippen LogP) is 2.62. The Morgan fingerprint density at radius 2 is 2.06 bits per heavy atom. The third kappa shape index (κ3) is 2.38. The van der Waals surface area contributed by atoms with Gasteiger partial charge in [0, 0.05) is 18.0 Å². The van der Waals surface area contributed by atoms with Crippen LogP contribution in [0.5, 0.6) is 5.88 Å². The third-order valence-electron chi connectivity index (χ3n) is 2.25. The Balaban J connectivity index is 2.44. The summed E-state index contributed by atoms with van der Waals surface area (Å²) < 4.78 is 18.6. The van der Waals surface area contributed by atoms with E-state index in [1.807, 2.05) is 0 Å². The maximum absolute atomic E-state index is 13.4. The Hall–Kier alpha value is -1.82. The highest BCUT2D eigenvalue weighted by molar-refractivity contribution is 9.10. The molecule has 0 atom stereocenters. The van der Waals surface area contributed by atoms with Gasteiger partial charge in [-0.2, -0.15) is 0 Å². The van der Waals surface area contributed by atoms with E-state index in [9.17, 15) is 9.18 Å². The Morgan fingerprint density at radius 3 is 2.72 bits per heavy atom. The standard InChI is InChI=1S/C12H8BrFN2O2/c1-18-12-10(15-4-5-16-12)11(17)7-2-3-8(13)9(14)6-7/h2-6H,1H3. The van der Waals surface area contributed by atoms with Crippen LogP contribution < -0.4 is 4.74 Å². The van der Waals surface area contributed by atoms with Crippen molar-refractivity contribution in [1.82, 2.24) is 9.97 Å². The number of carbonyl (C=O) groups excluding carboxylic acids is 1. The van der Waals surface area contributed by atoms with E-state index in [0.29, 0.717) is 4.47 Å². The van der Waals surface area contributed by atoms with E-state index < -0.39 is 11.6 Å². The number of nitrogens with zero attached hydrogens (tertiary/aromatic N) is 2. The lowest BCUT2D eigenvalue weighted by Gasteiger charge is -2.05. The molecule has 6 heteroatoms. The van der Waals surface area contributed by atoms with Crippen molar-refractivity contribution in [2.45, 2.75) is 0 Å². The number of hydrogen-bond donors (Lipinski definition) is 0. The van der Waals surface area contributed by atoms with E-state index in [2.05, 4.69) is 25.9 Å². The van der Waals surface area contributed by atoms with Crippen molar-refractivity contribution in [3.05, 3.63) is 52.1 Å². The van der Waals surface area contributed by atoms with Crippen LogP contribution in [0.1, 0.15) is 16.1 Å². The highest BCUT2D eigenvalue weighted by Crippen LogP contribution is 2.20. The van der Waals surface area contributed by atoms with Gasteiger partial charge in [0.05, 0.1) is 11.6 Å². The topological polar surface area (TPSA) is 52.1 Å². The van der Waals surface area contributed by atoms with Crippen LogP contribution in [0.3, 0.4) is 0 Å². The van der Waals surface area contributed by atoms with Gasteiger partial charge in [0.25, 0.3) is 0 Å². The first-order valence-corrected chi connectivity index (χ1v) is 5.77. The fourth-order valence-corrected chi connectivity index (χ4v) is 1.65. The first-order valence-electron chi connectivity index (χ1n) is 4.98. The highest BCUT2D eigenvalue weighted by atomic mass is 79.9. The molecule has 0 saturated carbocycles. The SMILES string of the molecule is COc1nccnc1C(=O)c1ccc(Br)c(F)c1. The Bertz CT molecular complexity index is 604. The van der Waals surface area contributed by atoms with E-state index in [4.69, 9.17) is 4.74 Å². The fraction of sp³-hybridized carbons (Fsp3) is 0.0833. The van der Waals surface area contributed by atoms with Gasteiger partial charge in [-0.15, -0.1) is 0 Å². The normalized spacial score (nSPS) is 10.2. The number of halogens is 2. The molecule has 0 aliphatic carbocycles. The summed E-state index contributed by atoms with van der Waals surface area (Å²) in [6, 6.07) is 4.11. The van der Waals surface area contributed by atoms with Gasteiger partial charge in [0.15, 0.2) is 5.69 Å². The molecular weight excluding hydrogens is 303 g/mol. The van der Waals surface area contributed by atoms with Gasteiger partial charge in [-0.25, -0.2) is 14.4 Å². The largest absolute Gasteiger partial charge is 0.479 e. The molecule has 0 saturated heterocycles. The summed E-state index contributed by atoms with van der Waals surface area (Å²) in [5.41, 5.74) is 0.247. The van der Waals surface area contributed by atoms with Gasteiger partial charge < -0.3 is 4.74 Å². The molecule has 1 heterocycles. The summed E-state index contributed by atoms with van der Waals surface area (Å²) in [6.07, 6.45) is 2.79. The molecule has 2 rings (SSSR count). The van der Waals surface area contributed by atoms with E-state index in [1.165, 1.54) is 31.6 Å². The molecule has 0 amide bonds. The second-order valence-corrected chi connectivity index (χ2v) is 4.23. The van der Waals surface area contributed by atoms with Crippen LogP contribution in [0.15, 0.2) is 35.1 Å². The summed E-state index contributed by atoms with van der Waals surface area (Å²) in [7, 11) is 1.39. The molecule has 18 heavy (non-hydrogen) atoms. The zero-order valence-electron chi connectivity index (χ0n) is 9.35. The lowest BCUT2D eigenvalue weighted by molar-refractivity contribution is 0.103. The van der Waals surface area contributed by atoms with Crippen LogP contribution in [0.25, 0.3) is 0 Å². The molecule has 92 valence electrons. The number of hydrogen-bond acceptors (Lipinski definition) is 4. The van der Waals surface area contributed by atoms with Gasteiger partial charge in [-0.1, -0.05) is 0 Å². The average Bonchev–Trinajstić information content (AvgIpc) is 2.41. The lowest BCUT2D eigenvalue weighted by atomic mass is 10.1. The van der Waals surface area contributed by atoms with Crippen molar-refractivity contribution in [1.29, 1.82) is 0 Å². The molecule has 0 bridgehead atoms. The van der Waals surface area contributed by atoms with Crippen LogP contribution in [-0.4, -0.2) is 22.9 Å². The maximum Gasteiger partial charge on any atom is 0.243 e. The van der Waals surface area contributed by atoms with Crippen molar-refractivity contribution in [3.63, 3.8) is 0 Å². The summed E-state index contributed by atoms with van der Waals surface area (Å²) in [4.78, 5) is 19.9. The molecule has 1 aromatic carbocycles. The zero-order valence-corrected chi connectivity index (χ0v) is 10.9. The minimum Gasteiger partial charge on any atom is -0.479 e. The Kier molecular flexibility index (Phi) is 3.66. The number of aromatic nitrogens is 2. The predicted molar refractivity (Wildman–Crippen MR) is 66.1 cm³/mol. The molecule has 0 fully saturated rings. The third-order valence-corrected chi connectivity index (χ3v) is 2.90. The van der Waals surface area contributed by atoms with E-state index in [-0.39, 0.29) is 17.1 Å². The molecule has 1 aromatic heterocycles. The van der Waals surface area contributed by atoms with Gasteiger partial charge in [-0.3, -0.25) is 4.79 Å². The second-order valence-electron chi connectivity index (χ2n) is 3.37. The van der Waals surface area contributed by atoms with Crippen molar-refractivity contribution in [2.75, 3.05) is 7.11 Å². The van der Waals surface area contributed by atoms with Crippen LogP contribution >= 0.6 is 15.9 Å². The minimum absolute atomic E-state index is 0.0572. The average molecular weight is 311 g/mol. The van der Waals surface area contributed by atoms with Gasteiger partial charge in [0.1, 0.15) is 5.82 Å². The van der Waals surface area contributed by atoms with E-state index in [1.54, 1.807) is 0 Å². The molecule has 2 aromatic rings. The molecule has 0 N–H and O–H groups in total. The smallest absolute Gasteiger partial charge is 0.243 e. The molecule has 0 aliphatic rings. The number of carbonyl (C=O) groups is 1. The molecular formula is C12H8BrFN2O2. The lowest BCUT2D eigenvalue weighted by Crippen LogP contribution is -2.08. The molecule has 0 radical (unpaired) electrons. The van der Waals surface area contributed by atoms with Crippen LogP contribution in [-0.2, 0) is 0 Å². The van der Waals surface area contributed by atoms with Gasteiger partial charge in [-0.05, 0) is 34.1 Å². The van der Waals surface area contributed by atoms with Crippen LogP contribution in [0.2, 0.25) is 0 Å². The Morgan fingerprint density at radius 1 is 1.33 bits per heavy atom. The fourth-order valence-electron chi connectivity index (χ4n) is 1.40. The summed E-state index contributed by atoms with van der Waals surface area (Å²) in [6.45, 7) is 0. The van der Waals surface area contributed by atoms with Crippen molar-refractivity contribution in [2.24, 2.45) is 0 Å². The summed E-state index contributed by atoms with van der Waals surface area (Å²) in [5.74, 6) is -0.833. The quantitative estimate of drug-likeness (QED) is 0.818.